The number of hydrogen-bond donors (Lipinski definition) is 1. The molecule has 1 spiro atoms. The fraction of sp³-hybridized carbons (Fsp3) is 0.600. The molecule has 2 amide bonds. The minimum Gasteiger partial charge on any atom is -0.507 e. The van der Waals surface area contributed by atoms with Crippen LogP contribution < -0.4 is 0 Å². The lowest BCUT2D eigenvalue weighted by atomic mass is 9.72. The second-order valence-corrected chi connectivity index (χ2v) is 8.02. The van der Waals surface area contributed by atoms with Crippen molar-refractivity contribution in [2.45, 2.75) is 51.5 Å². The molecule has 4 rings (SSSR count). The normalized spacial score (nSPS) is 23.2. The van der Waals surface area contributed by atoms with Crippen LogP contribution in [0.15, 0.2) is 18.2 Å². The second-order valence-electron chi connectivity index (χ2n) is 8.02. The quantitative estimate of drug-likeness (QED) is 0.899. The number of rotatable bonds is 2. The Morgan fingerprint density at radius 2 is 1.92 bits per heavy atom. The number of benzene rings is 1. The number of hydrogen-bond acceptors (Lipinski definition) is 3. The predicted octanol–water partition coefficient (Wildman–Crippen LogP) is 2.71. The van der Waals surface area contributed by atoms with Gasteiger partial charge < -0.3 is 14.9 Å². The first-order valence-corrected chi connectivity index (χ1v) is 9.36. The molecule has 1 N–H and O–H groups in total. The number of aromatic hydroxyl groups is 1. The van der Waals surface area contributed by atoms with Crippen molar-refractivity contribution >= 4 is 11.8 Å². The van der Waals surface area contributed by atoms with Crippen molar-refractivity contribution in [2.24, 2.45) is 5.41 Å². The lowest BCUT2D eigenvalue weighted by molar-refractivity contribution is -0.139. The molecule has 0 unspecified atom stereocenters. The minimum atomic E-state index is -0.0815. The van der Waals surface area contributed by atoms with Crippen molar-refractivity contribution in [3.05, 3.63) is 29.3 Å². The van der Waals surface area contributed by atoms with Gasteiger partial charge in [-0.3, -0.25) is 9.59 Å². The highest BCUT2D eigenvalue weighted by atomic mass is 16.3. The summed E-state index contributed by atoms with van der Waals surface area (Å²) in [5.41, 5.74) is 1.31. The van der Waals surface area contributed by atoms with E-state index in [1.165, 1.54) is 0 Å². The van der Waals surface area contributed by atoms with E-state index >= 15 is 0 Å². The smallest absolute Gasteiger partial charge is 0.257 e. The molecule has 3 aliphatic rings. The molecule has 0 aromatic heterocycles. The standard InChI is InChI=1S/C20H26N2O3/c1-14-3-2-4-16(18(14)24)19(25)21-11-9-20(10-12-21)8-7-17(23)22(13-20)15-5-6-15/h2-4,15,24H,5-13H2,1H3. The molecule has 25 heavy (non-hydrogen) atoms. The molecule has 0 bridgehead atoms. The van der Waals surface area contributed by atoms with Crippen molar-refractivity contribution < 1.29 is 14.7 Å². The zero-order valence-electron chi connectivity index (χ0n) is 14.8. The number of carbonyl (C=O) groups is 2. The van der Waals surface area contributed by atoms with Gasteiger partial charge in [0.05, 0.1) is 5.56 Å². The van der Waals surface area contributed by atoms with Crippen LogP contribution in [0, 0.1) is 12.3 Å². The van der Waals surface area contributed by atoms with Crippen LogP contribution in [0.25, 0.3) is 0 Å². The Morgan fingerprint density at radius 3 is 2.60 bits per heavy atom. The molecule has 1 aromatic carbocycles. The van der Waals surface area contributed by atoms with Crippen molar-refractivity contribution in [1.82, 2.24) is 9.80 Å². The average Bonchev–Trinajstić information content (AvgIpc) is 3.45. The van der Waals surface area contributed by atoms with Crippen LogP contribution in [0.4, 0.5) is 0 Å². The summed E-state index contributed by atoms with van der Waals surface area (Å²) in [6, 6.07) is 5.80. The molecule has 134 valence electrons. The Labute approximate surface area is 148 Å². The topological polar surface area (TPSA) is 60.9 Å². The Kier molecular flexibility index (Phi) is 3.97. The summed E-state index contributed by atoms with van der Waals surface area (Å²) in [6.45, 7) is 4.09. The van der Waals surface area contributed by atoms with Crippen molar-refractivity contribution in [2.75, 3.05) is 19.6 Å². The zero-order chi connectivity index (χ0) is 17.6. The SMILES string of the molecule is Cc1cccc(C(=O)N2CCC3(CCC(=O)N(C4CC4)C3)CC2)c1O. The van der Waals surface area contributed by atoms with Gasteiger partial charge in [0.2, 0.25) is 5.91 Å². The number of nitrogens with zero attached hydrogens (tertiary/aromatic N) is 2. The summed E-state index contributed by atoms with van der Waals surface area (Å²) in [4.78, 5) is 28.9. The monoisotopic (exact) mass is 342 g/mol. The van der Waals surface area contributed by atoms with Crippen LogP contribution in [-0.2, 0) is 4.79 Å². The first-order chi connectivity index (χ1) is 12.0. The predicted molar refractivity (Wildman–Crippen MR) is 94.4 cm³/mol. The Balaban J connectivity index is 1.43. The van der Waals surface area contributed by atoms with Gasteiger partial charge in [-0.2, -0.15) is 0 Å². The Morgan fingerprint density at radius 1 is 1.20 bits per heavy atom. The fourth-order valence-corrected chi connectivity index (χ4v) is 4.36. The van der Waals surface area contributed by atoms with Crippen LogP contribution >= 0.6 is 0 Å². The van der Waals surface area contributed by atoms with Crippen LogP contribution in [0.1, 0.15) is 54.4 Å². The van der Waals surface area contributed by atoms with Crippen molar-refractivity contribution in [3.8, 4) is 5.75 Å². The molecular weight excluding hydrogens is 316 g/mol. The van der Waals surface area contributed by atoms with Crippen molar-refractivity contribution in [3.63, 3.8) is 0 Å². The molecule has 3 fully saturated rings. The number of amides is 2. The third-order valence-electron chi connectivity index (χ3n) is 6.26. The molecule has 2 aliphatic heterocycles. The first kappa shape index (κ1) is 16.4. The largest absolute Gasteiger partial charge is 0.507 e. The zero-order valence-corrected chi connectivity index (χ0v) is 14.8. The van der Waals surface area contributed by atoms with Crippen LogP contribution in [0.5, 0.6) is 5.75 Å². The number of phenolic OH excluding ortho intramolecular Hbond substituents is 1. The molecule has 1 aromatic rings. The third-order valence-corrected chi connectivity index (χ3v) is 6.26. The minimum absolute atomic E-state index is 0.0815. The fourth-order valence-electron chi connectivity index (χ4n) is 4.36. The van der Waals surface area contributed by atoms with E-state index in [4.69, 9.17) is 0 Å². The van der Waals surface area contributed by atoms with Gasteiger partial charge in [0, 0.05) is 32.1 Å². The highest BCUT2D eigenvalue weighted by Gasteiger charge is 2.45. The number of likely N-dealkylation sites (tertiary alicyclic amines) is 2. The number of para-hydroxylation sites is 1. The van der Waals surface area contributed by atoms with E-state index in [9.17, 15) is 14.7 Å². The maximum atomic E-state index is 12.8. The van der Waals surface area contributed by atoms with Gasteiger partial charge in [0.1, 0.15) is 5.75 Å². The average molecular weight is 342 g/mol. The molecule has 5 heteroatoms. The summed E-state index contributed by atoms with van der Waals surface area (Å²) in [5, 5.41) is 10.2. The van der Waals surface area contributed by atoms with E-state index in [1.54, 1.807) is 6.07 Å². The molecule has 2 heterocycles. The maximum absolute atomic E-state index is 12.8. The summed E-state index contributed by atoms with van der Waals surface area (Å²) in [5.74, 6) is 0.328. The van der Waals surface area contributed by atoms with E-state index in [0.29, 0.717) is 37.0 Å². The highest BCUT2D eigenvalue weighted by molar-refractivity contribution is 5.97. The number of phenols is 1. The first-order valence-electron chi connectivity index (χ1n) is 9.36. The summed E-state index contributed by atoms with van der Waals surface area (Å²) < 4.78 is 0. The number of carbonyl (C=O) groups excluding carboxylic acids is 2. The van der Waals surface area contributed by atoms with Crippen LogP contribution in [0.3, 0.4) is 0 Å². The Hall–Kier alpha value is -2.04. The van der Waals surface area contributed by atoms with Gasteiger partial charge in [-0.25, -0.2) is 0 Å². The number of piperidine rings is 2. The highest BCUT2D eigenvalue weighted by Crippen LogP contribution is 2.43. The van der Waals surface area contributed by atoms with Crippen molar-refractivity contribution in [1.29, 1.82) is 0 Å². The molecule has 0 radical (unpaired) electrons. The van der Waals surface area contributed by atoms with Crippen LogP contribution in [0.2, 0.25) is 0 Å². The molecule has 2 saturated heterocycles. The van der Waals surface area contributed by atoms with Gasteiger partial charge in [0.15, 0.2) is 0 Å². The van der Waals surface area contributed by atoms with Crippen LogP contribution in [-0.4, -0.2) is 52.4 Å². The van der Waals surface area contributed by atoms with E-state index in [0.717, 1.165) is 44.2 Å². The lowest BCUT2D eigenvalue weighted by Crippen LogP contribution is -2.52. The van der Waals surface area contributed by atoms with Gasteiger partial charge in [-0.15, -0.1) is 0 Å². The lowest BCUT2D eigenvalue weighted by Gasteiger charge is -2.47. The maximum Gasteiger partial charge on any atom is 0.257 e. The van der Waals surface area contributed by atoms with E-state index in [1.807, 2.05) is 24.0 Å². The Bertz CT molecular complexity index is 703. The van der Waals surface area contributed by atoms with E-state index in [-0.39, 0.29) is 17.1 Å². The van der Waals surface area contributed by atoms with Gasteiger partial charge >= 0.3 is 0 Å². The molecule has 0 atom stereocenters. The van der Waals surface area contributed by atoms with Gasteiger partial charge in [-0.1, -0.05) is 12.1 Å². The molecule has 1 aliphatic carbocycles. The summed E-state index contributed by atoms with van der Waals surface area (Å²) in [7, 11) is 0. The number of aryl methyl sites for hydroxylation is 1. The second kappa shape index (κ2) is 6.04. The van der Waals surface area contributed by atoms with E-state index < -0.39 is 0 Å². The molecular formula is C20H26N2O3. The molecule has 1 saturated carbocycles. The summed E-state index contributed by atoms with van der Waals surface area (Å²) >= 11 is 0. The van der Waals surface area contributed by atoms with Gasteiger partial charge in [0.25, 0.3) is 5.91 Å². The molecule has 5 nitrogen and oxygen atoms in total. The van der Waals surface area contributed by atoms with E-state index in [2.05, 4.69) is 4.90 Å². The van der Waals surface area contributed by atoms with Gasteiger partial charge in [-0.05, 0) is 56.1 Å². The third kappa shape index (κ3) is 3.00. The summed E-state index contributed by atoms with van der Waals surface area (Å²) in [6.07, 6.45) is 5.80.